The molecule has 1 aromatic heterocycles. The Bertz CT molecular complexity index is 556. The molecule has 0 aliphatic carbocycles. The van der Waals surface area contributed by atoms with Gasteiger partial charge in [-0.1, -0.05) is 25.4 Å². The number of carbonyl (C=O) groups is 1. The molecule has 2 aliphatic rings. The molecule has 6 heteroatoms. The Balaban J connectivity index is 1.81. The monoisotopic (exact) mass is 309 g/mol. The molecule has 1 unspecified atom stereocenters. The summed E-state index contributed by atoms with van der Waals surface area (Å²) in [5, 5.41) is 0.327. The van der Waals surface area contributed by atoms with E-state index in [2.05, 4.69) is 9.97 Å². The van der Waals surface area contributed by atoms with Crippen LogP contribution in [0.1, 0.15) is 48.9 Å². The molecule has 1 aromatic rings. The largest absolute Gasteiger partial charge is 0.381 e. The summed E-state index contributed by atoms with van der Waals surface area (Å²) in [5.74, 6) is 0.732. The number of hydrogen-bond acceptors (Lipinski definition) is 4. The fourth-order valence-electron chi connectivity index (χ4n) is 3.04. The average Bonchev–Trinajstić information content (AvgIpc) is 3.09. The van der Waals surface area contributed by atoms with Crippen LogP contribution >= 0.6 is 11.6 Å². The first-order chi connectivity index (χ1) is 10.0. The zero-order valence-corrected chi connectivity index (χ0v) is 13.2. The molecule has 0 saturated carbocycles. The minimum atomic E-state index is -0.0897. The Hall–Kier alpha value is -1.20. The normalized spacial score (nSPS) is 25.2. The van der Waals surface area contributed by atoms with Crippen LogP contribution in [0.3, 0.4) is 0 Å². The van der Waals surface area contributed by atoms with Crippen molar-refractivity contribution >= 4 is 17.5 Å². The first-order valence-electron chi connectivity index (χ1n) is 7.40. The van der Waals surface area contributed by atoms with Crippen LogP contribution in [0.2, 0.25) is 5.02 Å². The van der Waals surface area contributed by atoms with Gasteiger partial charge in [-0.3, -0.25) is 4.79 Å². The van der Waals surface area contributed by atoms with E-state index in [1.165, 1.54) is 6.20 Å². The molecule has 0 N–H and O–H groups in total. The highest BCUT2D eigenvalue weighted by Gasteiger charge is 2.43. The molecule has 0 bridgehead atoms. The van der Waals surface area contributed by atoms with Gasteiger partial charge >= 0.3 is 0 Å². The SMILES string of the molecule is CC(C)c1ncc(Cl)c(C(=O)N2CCC3(CCOC3)C2)n1. The first kappa shape index (κ1) is 14.7. The molecule has 5 nitrogen and oxygen atoms in total. The highest BCUT2D eigenvalue weighted by atomic mass is 35.5. The molecule has 1 spiro atoms. The van der Waals surface area contributed by atoms with Crippen LogP contribution in [0.15, 0.2) is 6.20 Å². The molecule has 2 aliphatic heterocycles. The van der Waals surface area contributed by atoms with Crippen LogP contribution in [0.25, 0.3) is 0 Å². The molecule has 114 valence electrons. The topological polar surface area (TPSA) is 55.3 Å². The van der Waals surface area contributed by atoms with Gasteiger partial charge in [0.15, 0.2) is 5.69 Å². The van der Waals surface area contributed by atoms with Crippen molar-refractivity contribution in [3.8, 4) is 0 Å². The van der Waals surface area contributed by atoms with Gasteiger partial charge in [0.1, 0.15) is 5.82 Å². The Kier molecular flexibility index (Phi) is 3.88. The number of rotatable bonds is 2. The smallest absolute Gasteiger partial charge is 0.274 e. The number of likely N-dealkylation sites (tertiary alicyclic amines) is 1. The van der Waals surface area contributed by atoms with Crippen LogP contribution < -0.4 is 0 Å². The van der Waals surface area contributed by atoms with Crippen molar-refractivity contribution in [3.63, 3.8) is 0 Å². The predicted molar refractivity (Wildman–Crippen MR) is 79.5 cm³/mol. The quantitative estimate of drug-likeness (QED) is 0.842. The van der Waals surface area contributed by atoms with E-state index < -0.39 is 0 Å². The Morgan fingerprint density at radius 3 is 2.95 bits per heavy atom. The van der Waals surface area contributed by atoms with Gasteiger partial charge in [-0.15, -0.1) is 0 Å². The number of hydrogen-bond donors (Lipinski definition) is 0. The number of ether oxygens (including phenoxy) is 1. The summed E-state index contributed by atoms with van der Waals surface area (Å²) in [6.45, 7) is 7.04. The zero-order chi connectivity index (χ0) is 15.0. The molecule has 2 saturated heterocycles. The highest BCUT2D eigenvalue weighted by molar-refractivity contribution is 6.33. The summed E-state index contributed by atoms with van der Waals surface area (Å²) in [6.07, 6.45) is 3.56. The molecule has 0 radical (unpaired) electrons. The van der Waals surface area contributed by atoms with Crippen molar-refractivity contribution in [2.45, 2.75) is 32.6 Å². The molecule has 3 rings (SSSR count). The molecule has 1 atom stereocenters. The van der Waals surface area contributed by atoms with Crippen molar-refractivity contribution in [2.75, 3.05) is 26.3 Å². The van der Waals surface area contributed by atoms with Crippen molar-refractivity contribution in [2.24, 2.45) is 5.41 Å². The lowest BCUT2D eigenvalue weighted by atomic mass is 9.87. The van der Waals surface area contributed by atoms with E-state index in [1.807, 2.05) is 18.7 Å². The molecule has 2 fully saturated rings. The van der Waals surface area contributed by atoms with Gasteiger partial charge in [0, 0.05) is 31.0 Å². The predicted octanol–water partition coefficient (Wildman–Crippen LogP) is 2.51. The van der Waals surface area contributed by atoms with Crippen LogP contribution in [0, 0.1) is 5.41 Å². The second-order valence-corrected chi connectivity index (χ2v) is 6.77. The maximum atomic E-state index is 12.7. The lowest BCUT2D eigenvalue weighted by Crippen LogP contribution is -2.33. The number of halogens is 1. The van der Waals surface area contributed by atoms with Gasteiger partial charge in [-0.05, 0) is 12.8 Å². The lowest BCUT2D eigenvalue weighted by molar-refractivity contribution is 0.0759. The van der Waals surface area contributed by atoms with E-state index in [0.29, 0.717) is 16.5 Å². The minimum Gasteiger partial charge on any atom is -0.381 e. The van der Waals surface area contributed by atoms with Crippen molar-refractivity contribution in [1.82, 2.24) is 14.9 Å². The van der Waals surface area contributed by atoms with Gasteiger partial charge in [-0.25, -0.2) is 9.97 Å². The lowest BCUT2D eigenvalue weighted by Gasteiger charge is -2.22. The maximum absolute atomic E-state index is 12.7. The number of aromatic nitrogens is 2. The fourth-order valence-corrected chi connectivity index (χ4v) is 3.21. The third kappa shape index (κ3) is 2.77. The third-order valence-corrected chi connectivity index (χ3v) is 4.67. The van der Waals surface area contributed by atoms with Gasteiger partial charge in [0.05, 0.1) is 17.8 Å². The second kappa shape index (κ2) is 5.54. The Morgan fingerprint density at radius 2 is 2.29 bits per heavy atom. The molecule has 1 amide bonds. The van der Waals surface area contributed by atoms with Gasteiger partial charge in [0.2, 0.25) is 0 Å². The van der Waals surface area contributed by atoms with Gasteiger partial charge < -0.3 is 9.64 Å². The van der Waals surface area contributed by atoms with Crippen LogP contribution in [0.5, 0.6) is 0 Å². The van der Waals surface area contributed by atoms with E-state index in [4.69, 9.17) is 16.3 Å². The molecule has 0 aromatic carbocycles. The second-order valence-electron chi connectivity index (χ2n) is 6.36. The average molecular weight is 310 g/mol. The van der Waals surface area contributed by atoms with Crippen LogP contribution in [-0.4, -0.2) is 47.1 Å². The molecular weight excluding hydrogens is 290 g/mol. The fraction of sp³-hybridized carbons (Fsp3) is 0.667. The summed E-state index contributed by atoms with van der Waals surface area (Å²) in [6, 6.07) is 0. The van der Waals surface area contributed by atoms with Gasteiger partial charge in [-0.2, -0.15) is 0 Å². The van der Waals surface area contributed by atoms with Gasteiger partial charge in [0.25, 0.3) is 5.91 Å². The standard InChI is InChI=1S/C15H20ClN3O2/c1-10(2)13-17-7-11(16)12(18-13)14(20)19-5-3-15(8-19)4-6-21-9-15/h7,10H,3-6,8-9H2,1-2H3. The summed E-state index contributed by atoms with van der Waals surface area (Å²) < 4.78 is 5.50. The Labute approximate surface area is 129 Å². The minimum absolute atomic E-state index is 0.0897. The number of nitrogens with zero attached hydrogens (tertiary/aromatic N) is 3. The van der Waals surface area contributed by atoms with E-state index in [1.54, 1.807) is 0 Å². The third-order valence-electron chi connectivity index (χ3n) is 4.39. The van der Waals surface area contributed by atoms with E-state index in [-0.39, 0.29) is 17.2 Å². The summed E-state index contributed by atoms with van der Waals surface area (Å²) in [7, 11) is 0. The van der Waals surface area contributed by atoms with E-state index >= 15 is 0 Å². The highest BCUT2D eigenvalue weighted by Crippen LogP contribution is 2.38. The summed E-state index contributed by atoms with van der Waals surface area (Å²) in [5.41, 5.74) is 0.474. The van der Waals surface area contributed by atoms with E-state index in [0.717, 1.165) is 39.1 Å². The molecular formula is C15H20ClN3O2. The van der Waals surface area contributed by atoms with Crippen molar-refractivity contribution < 1.29 is 9.53 Å². The molecule has 21 heavy (non-hydrogen) atoms. The zero-order valence-electron chi connectivity index (χ0n) is 12.4. The molecule has 3 heterocycles. The Morgan fingerprint density at radius 1 is 1.48 bits per heavy atom. The summed E-state index contributed by atoms with van der Waals surface area (Å²) >= 11 is 6.13. The number of amides is 1. The van der Waals surface area contributed by atoms with E-state index in [9.17, 15) is 4.79 Å². The van der Waals surface area contributed by atoms with Crippen molar-refractivity contribution in [1.29, 1.82) is 0 Å². The number of carbonyl (C=O) groups excluding carboxylic acids is 1. The maximum Gasteiger partial charge on any atom is 0.274 e. The van der Waals surface area contributed by atoms with Crippen LogP contribution in [-0.2, 0) is 4.74 Å². The summed E-state index contributed by atoms with van der Waals surface area (Å²) in [4.78, 5) is 23.1. The van der Waals surface area contributed by atoms with Crippen LogP contribution in [0.4, 0.5) is 0 Å². The first-order valence-corrected chi connectivity index (χ1v) is 7.78. The van der Waals surface area contributed by atoms with Crippen molar-refractivity contribution in [3.05, 3.63) is 22.7 Å².